The second kappa shape index (κ2) is 9.04. The van der Waals surface area contributed by atoms with E-state index in [2.05, 4.69) is 5.32 Å². The molecule has 0 radical (unpaired) electrons. The molecule has 3 rings (SSSR count). The molecule has 24 heavy (non-hydrogen) atoms. The predicted octanol–water partition coefficient (Wildman–Crippen LogP) is 2.05. The van der Waals surface area contributed by atoms with Crippen LogP contribution in [0.2, 0.25) is 0 Å². The summed E-state index contributed by atoms with van der Waals surface area (Å²) in [6.07, 6.45) is 8.58. The minimum atomic E-state index is -0.0861. The van der Waals surface area contributed by atoms with Crippen molar-refractivity contribution in [3.05, 3.63) is 0 Å². The summed E-state index contributed by atoms with van der Waals surface area (Å²) in [6.45, 7) is 3.48. The normalized spacial score (nSPS) is 26.0. The quantitative estimate of drug-likeness (QED) is 0.819. The summed E-state index contributed by atoms with van der Waals surface area (Å²) in [7, 11) is 1.99. The SMILES string of the molecule is CNCCC1CCN(C(=O)C2CC(=O)N(C3CCCC3)C2)CC1.Cl. The Bertz CT molecular complexity index is 432. The zero-order valence-electron chi connectivity index (χ0n) is 14.8. The Hall–Kier alpha value is -0.810. The minimum Gasteiger partial charge on any atom is -0.342 e. The number of amides is 2. The average molecular weight is 358 g/mol. The average Bonchev–Trinajstić information content (AvgIpc) is 3.22. The van der Waals surface area contributed by atoms with Crippen molar-refractivity contribution in [3.8, 4) is 0 Å². The third-order valence-corrected chi connectivity index (χ3v) is 6.00. The van der Waals surface area contributed by atoms with Gasteiger partial charge >= 0.3 is 0 Å². The number of nitrogens with zero attached hydrogens (tertiary/aromatic N) is 2. The first kappa shape index (κ1) is 19.5. The Kier molecular flexibility index (Phi) is 7.35. The molecule has 3 fully saturated rings. The highest BCUT2D eigenvalue weighted by Crippen LogP contribution is 2.31. The molecule has 0 aromatic heterocycles. The fraction of sp³-hybridized carbons (Fsp3) is 0.889. The standard InChI is InChI=1S/C18H31N3O2.ClH/c1-19-9-6-14-7-10-20(11-8-14)18(23)15-12-17(22)21(13-15)16-4-2-3-5-16;/h14-16,19H,2-13H2,1H3;1H. The van der Waals surface area contributed by atoms with Gasteiger partial charge in [-0.15, -0.1) is 12.4 Å². The number of nitrogens with one attached hydrogen (secondary N) is 1. The number of hydrogen-bond donors (Lipinski definition) is 1. The first-order chi connectivity index (χ1) is 11.2. The van der Waals surface area contributed by atoms with E-state index in [0.717, 1.165) is 51.2 Å². The molecule has 1 N–H and O–H groups in total. The molecule has 1 saturated carbocycles. The van der Waals surface area contributed by atoms with E-state index in [4.69, 9.17) is 0 Å². The summed E-state index contributed by atoms with van der Waals surface area (Å²) < 4.78 is 0. The van der Waals surface area contributed by atoms with Crippen LogP contribution in [-0.2, 0) is 9.59 Å². The zero-order chi connectivity index (χ0) is 16.2. The highest BCUT2D eigenvalue weighted by Gasteiger charge is 2.40. The van der Waals surface area contributed by atoms with Gasteiger partial charge in [0.2, 0.25) is 11.8 Å². The van der Waals surface area contributed by atoms with Crippen molar-refractivity contribution in [2.45, 2.75) is 57.4 Å². The molecule has 2 heterocycles. The van der Waals surface area contributed by atoms with Crippen molar-refractivity contribution in [3.63, 3.8) is 0 Å². The van der Waals surface area contributed by atoms with Crippen molar-refractivity contribution < 1.29 is 9.59 Å². The molecule has 1 atom stereocenters. The van der Waals surface area contributed by atoms with Crippen LogP contribution in [0.25, 0.3) is 0 Å². The second-order valence-electron chi connectivity index (χ2n) is 7.55. The van der Waals surface area contributed by atoms with Gasteiger partial charge in [-0.3, -0.25) is 9.59 Å². The van der Waals surface area contributed by atoms with Gasteiger partial charge in [-0.2, -0.15) is 0 Å². The number of hydrogen-bond acceptors (Lipinski definition) is 3. The third-order valence-electron chi connectivity index (χ3n) is 6.00. The van der Waals surface area contributed by atoms with Crippen LogP contribution in [0.4, 0.5) is 0 Å². The topological polar surface area (TPSA) is 52.7 Å². The van der Waals surface area contributed by atoms with Gasteiger partial charge in [-0.1, -0.05) is 12.8 Å². The second-order valence-corrected chi connectivity index (χ2v) is 7.55. The molecule has 3 aliphatic rings. The first-order valence-corrected chi connectivity index (χ1v) is 9.42. The summed E-state index contributed by atoms with van der Waals surface area (Å²) in [6, 6.07) is 0.410. The lowest BCUT2D eigenvalue weighted by Gasteiger charge is -2.33. The maximum atomic E-state index is 12.8. The van der Waals surface area contributed by atoms with E-state index in [1.54, 1.807) is 0 Å². The molecule has 1 aliphatic carbocycles. The van der Waals surface area contributed by atoms with Gasteiger partial charge in [-0.25, -0.2) is 0 Å². The van der Waals surface area contributed by atoms with Crippen LogP contribution in [0.5, 0.6) is 0 Å². The molecule has 5 nitrogen and oxygen atoms in total. The Labute approximate surface area is 151 Å². The van der Waals surface area contributed by atoms with E-state index < -0.39 is 0 Å². The van der Waals surface area contributed by atoms with Gasteiger partial charge in [0.1, 0.15) is 0 Å². The molecular weight excluding hydrogens is 326 g/mol. The Balaban J connectivity index is 0.00000208. The number of rotatable bonds is 5. The van der Waals surface area contributed by atoms with Crippen LogP contribution in [-0.4, -0.2) is 60.9 Å². The van der Waals surface area contributed by atoms with Crippen LogP contribution < -0.4 is 5.32 Å². The number of likely N-dealkylation sites (tertiary alicyclic amines) is 2. The zero-order valence-corrected chi connectivity index (χ0v) is 15.7. The summed E-state index contributed by atoms with van der Waals surface area (Å²) >= 11 is 0. The fourth-order valence-electron chi connectivity index (χ4n) is 4.51. The van der Waals surface area contributed by atoms with E-state index in [0.29, 0.717) is 19.0 Å². The van der Waals surface area contributed by atoms with Gasteiger partial charge in [0.15, 0.2) is 0 Å². The monoisotopic (exact) mass is 357 g/mol. The Morgan fingerprint density at radius 2 is 1.83 bits per heavy atom. The molecule has 2 saturated heterocycles. The molecular formula is C18H32ClN3O2. The summed E-state index contributed by atoms with van der Waals surface area (Å²) in [5.41, 5.74) is 0. The highest BCUT2D eigenvalue weighted by molar-refractivity contribution is 5.89. The van der Waals surface area contributed by atoms with Crippen molar-refractivity contribution in [2.75, 3.05) is 33.2 Å². The van der Waals surface area contributed by atoms with Crippen LogP contribution in [0.15, 0.2) is 0 Å². The molecule has 0 aromatic rings. The van der Waals surface area contributed by atoms with E-state index >= 15 is 0 Å². The van der Waals surface area contributed by atoms with Gasteiger partial charge in [0, 0.05) is 32.1 Å². The molecule has 1 unspecified atom stereocenters. The van der Waals surface area contributed by atoms with E-state index in [9.17, 15) is 9.59 Å². The summed E-state index contributed by atoms with van der Waals surface area (Å²) in [5.74, 6) is 1.09. The molecule has 0 aromatic carbocycles. The largest absolute Gasteiger partial charge is 0.342 e. The van der Waals surface area contributed by atoms with E-state index in [1.807, 2.05) is 16.8 Å². The van der Waals surface area contributed by atoms with Gasteiger partial charge in [0.25, 0.3) is 0 Å². The van der Waals surface area contributed by atoms with E-state index in [1.165, 1.54) is 19.3 Å². The van der Waals surface area contributed by atoms with Crippen LogP contribution in [0.1, 0.15) is 51.4 Å². The number of carbonyl (C=O) groups is 2. The van der Waals surface area contributed by atoms with Crippen LogP contribution in [0.3, 0.4) is 0 Å². The Morgan fingerprint density at radius 1 is 1.17 bits per heavy atom. The molecule has 2 aliphatic heterocycles. The smallest absolute Gasteiger partial charge is 0.227 e. The van der Waals surface area contributed by atoms with Crippen molar-refractivity contribution in [1.82, 2.24) is 15.1 Å². The van der Waals surface area contributed by atoms with Gasteiger partial charge in [0.05, 0.1) is 5.92 Å². The molecule has 6 heteroatoms. The fourth-order valence-corrected chi connectivity index (χ4v) is 4.51. The lowest BCUT2D eigenvalue weighted by molar-refractivity contribution is -0.137. The maximum Gasteiger partial charge on any atom is 0.227 e. The molecule has 0 bridgehead atoms. The van der Waals surface area contributed by atoms with Crippen LogP contribution in [0, 0.1) is 11.8 Å². The minimum absolute atomic E-state index is 0. The van der Waals surface area contributed by atoms with Crippen LogP contribution >= 0.6 is 12.4 Å². The third kappa shape index (κ3) is 4.42. The molecule has 0 spiro atoms. The predicted molar refractivity (Wildman–Crippen MR) is 97.2 cm³/mol. The maximum absolute atomic E-state index is 12.8. The van der Waals surface area contributed by atoms with E-state index in [-0.39, 0.29) is 30.1 Å². The van der Waals surface area contributed by atoms with Crippen molar-refractivity contribution in [1.29, 1.82) is 0 Å². The number of piperidine rings is 1. The molecule has 138 valence electrons. The lowest BCUT2D eigenvalue weighted by atomic mass is 9.92. The lowest BCUT2D eigenvalue weighted by Crippen LogP contribution is -2.43. The van der Waals surface area contributed by atoms with Gasteiger partial charge < -0.3 is 15.1 Å². The highest BCUT2D eigenvalue weighted by atomic mass is 35.5. The van der Waals surface area contributed by atoms with Gasteiger partial charge in [-0.05, 0) is 51.6 Å². The first-order valence-electron chi connectivity index (χ1n) is 9.42. The number of halogens is 1. The van der Waals surface area contributed by atoms with Crippen molar-refractivity contribution >= 4 is 24.2 Å². The number of carbonyl (C=O) groups excluding carboxylic acids is 2. The molecule has 2 amide bonds. The Morgan fingerprint density at radius 3 is 2.46 bits per heavy atom. The summed E-state index contributed by atoms with van der Waals surface area (Å²) in [4.78, 5) is 29.1. The van der Waals surface area contributed by atoms with Crippen molar-refractivity contribution in [2.24, 2.45) is 11.8 Å². The summed E-state index contributed by atoms with van der Waals surface area (Å²) in [5, 5.41) is 3.21.